The molecule has 0 radical (unpaired) electrons. The molecule has 3 heterocycles. The Hall–Kier alpha value is -3.46. The highest BCUT2D eigenvalue weighted by Crippen LogP contribution is 2.19. The molecule has 3 aromatic heterocycles. The number of hydrogen-bond donors (Lipinski definition) is 3. The minimum atomic E-state index is -0.695. The SMILES string of the molecule is Cc1noc(CCCNC(=O)C(Cc2c[nH]c3ccccc23)NC(=O)c2cccs2)n1. The van der Waals surface area contributed by atoms with Crippen LogP contribution in [0.1, 0.15) is 33.4 Å². The zero-order chi connectivity index (χ0) is 21.6. The van der Waals surface area contributed by atoms with Gasteiger partial charge in [0.2, 0.25) is 11.8 Å². The molecule has 9 heteroatoms. The van der Waals surface area contributed by atoms with Crippen molar-refractivity contribution in [3.8, 4) is 0 Å². The third-order valence-corrected chi connectivity index (χ3v) is 5.77. The summed E-state index contributed by atoms with van der Waals surface area (Å²) in [4.78, 5) is 33.5. The minimum absolute atomic E-state index is 0.225. The van der Waals surface area contributed by atoms with E-state index in [1.807, 2.05) is 41.9 Å². The first kappa shape index (κ1) is 20.8. The van der Waals surface area contributed by atoms with E-state index < -0.39 is 6.04 Å². The fourth-order valence-corrected chi connectivity index (χ4v) is 4.01. The number of fused-ring (bicyclic) bond motifs is 1. The molecule has 0 aliphatic rings. The van der Waals surface area contributed by atoms with Gasteiger partial charge in [0.05, 0.1) is 4.88 Å². The Morgan fingerprint density at radius 1 is 1.23 bits per heavy atom. The number of carbonyl (C=O) groups excluding carboxylic acids is 2. The van der Waals surface area contributed by atoms with E-state index in [9.17, 15) is 9.59 Å². The Labute approximate surface area is 183 Å². The average molecular weight is 438 g/mol. The van der Waals surface area contributed by atoms with Crippen LogP contribution in [-0.4, -0.2) is 39.5 Å². The van der Waals surface area contributed by atoms with Crippen LogP contribution in [0.5, 0.6) is 0 Å². The standard InChI is InChI=1S/C22H23N5O3S/c1-14-25-20(30-27-14)9-4-10-23-21(28)18(26-22(29)19-8-5-11-31-19)12-15-13-24-17-7-3-2-6-16(15)17/h2-3,5-8,11,13,18,24H,4,9-10,12H2,1H3,(H,23,28)(H,26,29). The molecule has 0 saturated carbocycles. The van der Waals surface area contributed by atoms with Gasteiger partial charge in [0.15, 0.2) is 5.82 Å². The van der Waals surface area contributed by atoms with Crippen molar-refractivity contribution in [3.05, 3.63) is 70.1 Å². The molecule has 0 aliphatic heterocycles. The van der Waals surface area contributed by atoms with Gasteiger partial charge < -0.3 is 20.1 Å². The van der Waals surface area contributed by atoms with E-state index in [4.69, 9.17) is 4.52 Å². The van der Waals surface area contributed by atoms with Crippen molar-refractivity contribution in [2.24, 2.45) is 0 Å². The molecule has 160 valence electrons. The monoisotopic (exact) mass is 437 g/mol. The van der Waals surface area contributed by atoms with E-state index in [1.54, 1.807) is 13.0 Å². The number of aromatic nitrogens is 3. The Morgan fingerprint density at radius 3 is 2.87 bits per heavy atom. The molecule has 0 saturated heterocycles. The normalized spacial score (nSPS) is 12.0. The molecule has 1 aromatic carbocycles. The summed E-state index contributed by atoms with van der Waals surface area (Å²) < 4.78 is 5.09. The van der Waals surface area contributed by atoms with Gasteiger partial charge in [0.1, 0.15) is 6.04 Å². The summed E-state index contributed by atoms with van der Waals surface area (Å²) in [6.07, 6.45) is 3.51. The van der Waals surface area contributed by atoms with Gasteiger partial charge in [-0.3, -0.25) is 9.59 Å². The van der Waals surface area contributed by atoms with Crippen LogP contribution in [0.3, 0.4) is 0 Å². The number of thiophene rings is 1. The number of nitrogens with zero attached hydrogens (tertiary/aromatic N) is 2. The highest BCUT2D eigenvalue weighted by atomic mass is 32.1. The summed E-state index contributed by atoms with van der Waals surface area (Å²) in [6, 6.07) is 10.8. The lowest BCUT2D eigenvalue weighted by molar-refractivity contribution is -0.122. The second kappa shape index (κ2) is 9.57. The van der Waals surface area contributed by atoms with Crippen molar-refractivity contribution < 1.29 is 14.1 Å². The van der Waals surface area contributed by atoms with Crippen LogP contribution in [0, 0.1) is 6.92 Å². The van der Waals surface area contributed by atoms with E-state index in [2.05, 4.69) is 25.8 Å². The van der Waals surface area contributed by atoms with Gasteiger partial charge in [-0.1, -0.05) is 29.4 Å². The predicted molar refractivity (Wildman–Crippen MR) is 118 cm³/mol. The molecule has 2 amide bonds. The van der Waals surface area contributed by atoms with Gasteiger partial charge in [0.25, 0.3) is 5.91 Å². The molecule has 3 N–H and O–H groups in total. The third kappa shape index (κ3) is 5.18. The number of rotatable bonds is 9. The van der Waals surface area contributed by atoms with Crippen molar-refractivity contribution >= 4 is 34.1 Å². The minimum Gasteiger partial charge on any atom is -0.361 e. The maximum absolute atomic E-state index is 12.9. The van der Waals surface area contributed by atoms with Crippen molar-refractivity contribution in [2.45, 2.75) is 32.2 Å². The Morgan fingerprint density at radius 2 is 2.10 bits per heavy atom. The fraction of sp³-hybridized carbons (Fsp3) is 0.273. The van der Waals surface area contributed by atoms with E-state index in [0.29, 0.717) is 42.4 Å². The molecular weight excluding hydrogens is 414 g/mol. The number of carbonyl (C=O) groups is 2. The van der Waals surface area contributed by atoms with Crippen LogP contribution < -0.4 is 10.6 Å². The largest absolute Gasteiger partial charge is 0.361 e. The lowest BCUT2D eigenvalue weighted by Crippen LogP contribution is -2.48. The summed E-state index contributed by atoms with van der Waals surface area (Å²) in [5, 5.41) is 12.4. The van der Waals surface area contributed by atoms with Gasteiger partial charge in [0, 0.05) is 36.5 Å². The Kier molecular flexibility index (Phi) is 6.42. The van der Waals surface area contributed by atoms with Crippen molar-refractivity contribution in [1.82, 2.24) is 25.8 Å². The maximum atomic E-state index is 12.9. The maximum Gasteiger partial charge on any atom is 0.262 e. The van der Waals surface area contributed by atoms with Crippen molar-refractivity contribution in [3.63, 3.8) is 0 Å². The van der Waals surface area contributed by atoms with E-state index >= 15 is 0 Å². The second-order valence-electron chi connectivity index (χ2n) is 7.20. The molecule has 1 unspecified atom stereocenters. The summed E-state index contributed by atoms with van der Waals surface area (Å²) in [5.41, 5.74) is 1.97. The molecule has 0 aliphatic carbocycles. The molecule has 8 nitrogen and oxygen atoms in total. The molecule has 0 spiro atoms. The first-order chi connectivity index (χ1) is 15.1. The molecule has 0 fully saturated rings. The van der Waals surface area contributed by atoms with Gasteiger partial charge in [-0.2, -0.15) is 4.98 Å². The number of para-hydroxylation sites is 1. The van der Waals surface area contributed by atoms with Gasteiger partial charge in [-0.05, 0) is 36.4 Å². The Balaban J connectivity index is 1.42. The molecule has 31 heavy (non-hydrogen) atoms. The molecule has 1 atom stereocenters. The zero-order valence-electron chi connectivity index (χ0n) is 17.1. The van der Waals surface area contributed by atoms with Crippen LogP contribution in [0.4, 0.5) is 0 Å². The smallest absolute Gasteiger partial charge is 0.262 e. The summed E-state index contributed by atoms with van der Waals surface area (Å²) in [5.74, 6) is 0.662. The number of amides is 2. The van der Waals surface area contributed by atoms with Crippen LogP contribution in [-0.2, 0) is 17.6 Å². The summed E-state index contributed by atoms with van der Waals surface area (Å²) in [7, 11) is 0. The number of aryl methyl sites for hydroxylation is 2. The molecular formula is C22H23N5O3S. The highest BCUT2D eigenvalue weighted by molar-refractivity contribution is 7.12. The van der Waals surface area contributed by atoms with Gasteiger partial charge in [-0.15, -0.1) is 11.3 Å². The Bertz CT molecular complexity index is 1160. The van der Waals surface area contributed by atoms with Crippen LogP contribution in [0.15, 0.2) is 52.5 Å². The van der Waals surface area contributed by atoms with Crippen LogP contribution >= 0.6 is 11.3 Å². The predicted octanol–water partition coefficient (Wildman–Crippen LogP) is 3.01. The van der Waals surface area contributed by atoms with E-state index in [-0.39, 0.29) is 11.8 Å². The molecule has 0 bridgehead atoms. The highest BCUT2D eigenvalue weighted by Gasteiger charge is 2.23. The number of nitrogens with one attached hydrogen (secondary N) is 3. The molecule has 4 rings (SSSR count). The average Bonchev–Trinajstić information content (AvgIpc) is 3.52. The topological polar surface area (TPSA) is 113 Å². The number of H-pyrrole nitrogens is 1. The zero-order valence-corrected chi connectivity index (χ0v) is 17.9. The van der Waals surface area contributed by atoms with Crippen molar-refractivity contribution in [1.29, 1.82) is 0 Å². The second-order valence-corrected chi connectivity index (χ2v) is 8.14. The third-order valence-electron chi connectivity index (χ3n) is 4.90. The van der Waals surface area contributed by atoms with Crippen molar-refractivity contribution in [2.75, 3.05) is 6.54 Å². The quantitative estimate of drug-likeness (QED) is 0.349. The number of benzene rings is 1. The van der Waals surface area contributed by atoms with Gasteiger partial charge in [-0.25, -0.2) is 0 Å². The van der Waals surface area contributed by atoms with E-state index in [1.165, 1.54) is 11.3 Å². The van der Waals surface area contributed by atoms with Crippen LogP contribution in [0.2, 0.25) is 0 Å². The number of aromatic amines is 1. The lowest BCUT2D eigenvalue weighted by Gasteiger charge is -2.18. The van der Waals surface area contributed by atoms with Crippen LogP contribution in [0.25, 0.3) is 10.9 Å². The first-order valence-electron chi connectivity index (χ1n) is 10.1. The fourth-order valence-electron chi connectivity index (χ4n) is 3.38. The summed E-state index contributed by atoms with van der Waals surface area (Å²) in [6.45, 7) is 2.21. The number of hydrogen-bond acceptors (Lipinski definition) is 6. The van der Waals surface area contributed by atoms with E-state index in [0.717, 1.165) is 16.5 Å². The molecule has 4 aromatic rings. The lowest BCUT2D eigenvalue weighted by atomic mass is 10.0. The van der Waals surface area contributed by atoms with Gasteiger partial charge >= 0.3 is 0 Å². The first-order valence-corrected chi connectivity index (χ1v) is 10.9. The summed E-state index contributed by atoms with van der Waals surface area (Å²) >= 11 is 1.34.